The first-order chi connectivity index (χ1) is 11.2. The van der Waals surface area contributed by atoms with Crippen LogP contribution >= 0.6 is 0 Å². The SMILES string of the molecule is COc1ccc(S(N)(=O)=O)cc1C(=O)N[C@@H](C)c1ccccc1C. The third kappa shape index (κ3) is 3.93. The molecule has 2 aromatic carbocycles. The third-order valence-corrected chi connectivity index (χ3v) is 4.66. The number of nitrogens with two attached hydrogens (primary N) is 1. The van der Waals surface area contributed by atoms with Gasteiger partial charge in [-0.05, 0) is 43.2 Å². The number of sulfonamides is 1. The molecule has 0 aromatic heterocycles. The van der Waals surface area contributed by atoms with Gasteiger partial charge in [0.15, 0.2) is 0 Å². The van der Waals surface area contributed by atoms with Crippen molar-refractivity contribution in [3.63, 3.8) is 0 Å². The molecule has 0 saturated carbocycles. The second-order valence-electron chi connectivity index (χ2n) is 5.46. The maximum atomic E-state index is 12.6. The lowest BCUT2D eigenvalue weighted by molar-refractivity contribution is 0.0936. The highest BCUT2D eigenvalue weighted by Crippen LogP contribution is 2.23. The summed E-state index contributed by atoms with van der Waals surface area (Å²) in [6, 6.07) is 11.4. The fraction of sp³-hybridized carbons (Fsp3) is 0.235. The second-order valence-corrected chi connectivity index (χ2v) is 7.02. The van der Waals surface area contributed by atoms with E-state index in [1.165, 1.54) is 25.3 Å². The molecule has 0 radical (unpaired) electrons. The van der Waals surface area contributed by atoms with Crippen molar-refractivity contribution in [2.24, 2.45) is 5.14 Å². The Kier molecular flexibility index (Phi) is 5.26. The summed E-state index contributed by atoms with van der Waals surface area (Å²) in [5, 5.41) is 7.98. The van der Waals surface area contributed by atoms with Crippen molar-refractivity contribution in [2.75, 3.05) is 7.11 Å². The summed E-state index contributed by atoms with van der Waals surface area (Å²) in [5.74, 6) is -0.162. The molecule has 0 aliphatic rings. The van der Waals surface area contributed by atoms with Gasteiger partial charge in [0, 0.05) is 0 Å². The van der Waals surface area contributed by atoms with Crippen LogP contribution in [-0.2, 0) is 10.0 Å². The molecule has 0 spiro atoms. The number of nitrogens with one attached hydrogen (secondary N) is 1. The molecule has 1 amide bonds. The minimum Gasteiger partial charge on any atom is -0.496 e. The van der Waals surface area contributed by atoms with Gasteiger partial charge in [-0.1, -0.05) is 24.3 Å². The molecule has 0 fully saturated rings. The molecule has 1 atom stereocenters. The molecule has 24 heavy (non-hydrogen) atoms. The van der Waals surface area contributed by atoms with Crippen molar-refractivity contribution in [1.82, 2.24) is 5.32 Å². The van der Waals surface area contributed by atoms with Crippen LogP contribution in [0, 0.1) is 6.92 Å². The van der Waals surface area contributed by atoms with Crippen molar-refractivity contribution in [2.45, 2.75) is 24.8 Å². The van der Waals surface area contributed by atoms with E-state index in [1.54, 1.807) is 0 Å². The largest absolute Gasteiger partial charge is 0.496 e. The number of carbonyl (C=O) groups excluding carboxylic acids is 1. The van der Waals surface area contributed by atoms with Crippen LogP contribution in [-0.4, -0.2) is 21.4 Å². The van der Waals surface area contributed by atoms with Crippen molar-refractivity contribution in [1.29, 1.82) is 0 Å². The van der Waals surface area contributed by atoms with Crippen molar-refractivity contribution >= 4 is 15.9 Å². The standard InChI is InChI=1S/C17H20N2O4S/c1-11-6-4-5-7-14(11)12(2)19-17(20)15-10-13(24(18,21)22)8-9-16(15)23-3/h4-10,12H,1-3H3,(H,19,20)(H2,18,21,22)/t12-/m0/s1. The topological polar surface area (TPSA) is 98.5 Å². The van der Waals surface area contributed by atoms with Gasteiger partial charge >= 0.3 is 0 Å². The summed E-state index contributed by atoms with van der Waals surface area (Å²) in [6.07, 6.45) is 0. The normalized spacial score (nSPS) is 12.5. The average Bonchev–Trinajstić information content (AvgIpc) is 2.53. The maximum Gasteiger partial charge on any atom is 0.255 e. The van der Waals surface area contributed by atoms with E-state index in [1.807, 2.05) is 38.1 Å². The lowest BCUT2D eigenvalue weighted by Crippen LogP contribution is -2.28. The molecule has 0 unspecified atom stereocenters. The Balaban J connectivity index is 2.34. The molecule has 128 valence electrons. The smallest absolute Gasteiger partial charge is 0.255 e. The van der Waals surface area contributed by atoms with Crippen molar-refractivity contribution in [3.8, 4) is 5.75 Å². The quantitative estimate of drug-likeness (QED) is 0.865. The van der Waals surface area contributed by atoms with Gasteiger partial charge in [-0.25, -0.2) is 13.6 Å². The van der Waals surface area contributed by atoms with Gasteiger partial charge in [0.2, 0.25) is 10.0 Å². The highest BCUT2D eigenvalue weighted by Gasteiger charge is 2.19. The van der Waals surface area contributed by atoms with E-state index in [-0.39, 0.29) is 22.3 Å². The fourth-order valence-corrected chi connectivity index (χ4v) is 3.01. The number of methoxy groups -OCH3 is 1. The van der Waals surface area contributed by atoms with Crippen LogP contribution in [0.1, 0.15) is 34.5 Å². The molecule has 6 nitrogen and oxygen atoms in total. The molecule has 0 saturated heterocycles. The van der Waals surface area contributed by atoms with E-state index < -0.39 is 15.9 Å². The van der Waals surface area contributed by atoms with E-state index in [9.17, 15) is 13.2 Å². The lowest BCUT2D eigenvalue weighted by Gasteiger charge is -2.18. The molecule has 0 bridgehead atoms. The Hall–Kier alpha value is -2.38. The van der Waals surface area contributed by atoms with Crippen LogP contribution in [0.4, 0.5) is 0 Å². The Labute approximate surface area is 141 Å². The monoisotopic (exact) mass is 348 g/mol. The van der Waals surface area contributed by atoms with Crippen LogP contribution in [0.5, 0.6) is 5.75 Å². The lowest BCUT2D eigenvalue weighted by atomic mass is 10.0. The first kappa shape index (κ1) is 18.0. The van der Waals surface area contributed by atoms with Gasteiger partial charge in [-0.15, -0.1) is 0 Å². The Bertz CT molecular complexity index is 863. The Morgan fingerprint density at radius 2 is 1.88 bits per heavy atom. The number of benzene rings is 2. The zero-order valence-corrected chi connectivity index (χ0v) is 14.6. The maximum absolute atomic E-state index is 12.6. The first-order valence-electron chi connectivity index (χ1n) is 7.31. The number of rotatable bonds is 5. The number of hydrogen-bond acceptors (Lipinski definition) is 4. The van der Waals surface area contributed by atoms with Gasteiger partial charge in [0.25, 0.3) is 5.91 Å². The van der Waals surface area contributed by atoms with E-state index in [4.69, 9.17) is 9.88 Å². The number of hydrogen-bond donors (Lipinski definition) is 2. The summed E-state index contributed by atoms with van der Waals surface area (Å²) in [4.78, 5) is 12.4. The Morgan fingerprint density at radius 3 is 2.46 bits per heavy atom. The van der Waals surface area contributed by atoms with Crippen molar-refractivity contribution in [3.05, 3.63) is 59.2 Å². The molecule has 0 heterocycles. The van der Waals surface area contributed by atoms with Gasteiger partial charge in [-0.3, -0.25) is 4.79 Å². The predicted molar refractivity (Wildman–Crippen MR) is 91.4 cm³/mol. The minimum absolute atomic E-state index is 0.115. The molecular formula is C17H20N2O4S. The minimum atomic E-state index is -3.91. The number of ether oxygens (including phenoxy) is 1. The molecule has 2 aromatic rings. The van der Waals surface area contributed by atoms with E-state index in [0.29, 0.717) is 0 Å². The van der Waals surface area contributed by atoms with Crippen LogP contribution < -0.4 is 15.2 Å². The van der Waals surface area contributed by atoms with Gasteiger partial charge in [0.05, 0.1) is 23.6 Å². The fourth-order valence-electron chi connectivity index (χ4n) is 2.47. The van der Waals surface area contributed by atoms with Crippen LogP contribution in [0.2, 0.25) is 0 Å². The molecule has 0 aliphatic carbocycles. The summed E-state index contributed by atoms with van der Waals surface area (Å²) in [5.41, 5.74) is 2.15. The highest BCUT2D eigenvalue weighted by molar-refractivity contribution is 7.89. The van der Waals surface area contributed by atoms with Gasteiger partial charge in [0.1, 0.15) is 5.75 Å². The summed E-state index contributed by atoms with van der Waals surface area (Å²) >= 11 is 0. The van der Waals surface area contributed by atoms with Crippen LogP contribution in [0.3, 0.4) is 0 Å². The van der Waals surface area contributed by atoms with E-state index >= 15 is 0 Å². The van der Waals surface area contributed by atoms with Crippen molar-refractivity contribution < 1.29 is 17.9 Å². The molecule has 0 aliphatic heterocycles. The van der Waals surface area contributed by atoms with Crippen LogP contribution in [0.25, 0.3) is 0 Å². The summed E-state index contributed by atoms with van der Waals surface area (Å²) in [7, 11) is -2.50. The molecule has 2 rings (SSSR count). The first-order valence-corrected chi connectivity index (χ1v) is 8.86. The second kappa shape index (κ2) is 7.02. The molecular weight excluding hydrogens is 328 g/mol. The molecule has 3 N–H and O–H groups in total. The van der Waals surface area contributed by atoms with E-state index in [2.05, 4.69) is 5.32 Å². The zero-order valence-electron chi connectivity index (χ0n) is 13.7. The third-order valence-electron chi connectivity index (χ3n) is 3.75. The summed E-state index contributed by atoms with van der Waals surface area (Å²) in [6.45, 7) is 3.82. The van der Waals surface area contributed by atoms with Gasteiger partial charge in [-0.2, -0.15) is 0 Å². The highest BCUT2D eigenvalue weighted by atomic mass is 32.2. The average molecular weight is 348 g/mol. The van der Waals surface area contributed by atoms with Crippen LogP contribution in [0.15, 0.2) is 47.4 Å². The van der Waals surface area contributed by atoms with E-state index in [0.717, 1.165) is 11.1 Å². The summed E-state index contributed by atoms with van der Waals surface area (Å²) < 4.78 is 28.2. The molecule has 7 heteroatoms. The number of primary sulfonamides is 1. The number of amides is 1. The Morgan fingerprint density at radius 1 is 1.21 bits per heavy atom. The zero-order chi connectivity index (χ0) is 17.9. The number of carbonyl (C=O) groups is 1. The predicted octanol–water partition coefficient (Wildman–Crippen LogP) is 2.14. The van der Waals surface area contributed by atoms with Gasteiger partial charge < -0.3 is 10.1 Å². The number of aryl methyl sites for hydroxylation is 1.